The van der Waals surface area contributed by atoms with Crippen molar-refractivity contribution in [1.29, 1.82) is 5.26 Å². The molecule has 136 valence electrons. The van der Waals surface area contributed by atoms with Crippen molar-refractivity contribution in [3.05, 3.63) is 51.4 Å². The molecule has 7 heteroatoms. The van der Waals surface area contributed by atoms with Gasteiger partial charge in [0.1, 0.15) is 11.8 Å². The molecule has 0 spiro atoms. The van der Waals surface area contributed by atoms with Crippen LogP contribution in [0.5, 0.6) is 5.75 Å². The Bertz CT molecular complexity index is 928. The molecule has 1 N–H and O–H groups in total. The number of nitrogens with zero attached hydrogens (tertiary/aromatic N) is 2. The molecule has 0 aliphatic heterocycles. The van der Waals surface area contributed by atoms with Crippen LogP contribution in [-0.4, -0.2) is 22.8 Å². The van der Waals surface area contributed by atoms with E-state index in [4.69, 9.17) is 16.3 Å². The average molecular weight is 375 g/mol. The Morgan fingerprint density at radius 1 is 1.35 bits per heavy atom. The van der Waals surface area contributed by atoms with E-state index in [0.29, 0.717) is 33.9 Å². The second-order valence-corrected chi connectivity index (χ2v) is 6.72. The van der Waals surface area contributed by atoms with Gasteiger partial charge in [-0.1, -0.05) is 25.4 Å². The molecule has 0 aliphatic carbocycles. The summed E-state index contributed by atoms with van der Waals surface area (Å²) in [6, 6.07) is 7.05. The van der Waals surface area contributed by atoms with Crippen molar-refractivity contribution in [2.75, 3.05) is 7.11 Å². The maximum atomic E-state index is 12.6. The largest absolute Gasteiger partial charge is 0.495 e. The van der Waals surface area contributed by atoms with Gasteiger partial charge in [0.05, 0.1) is 24.9 Å². The van der Waals surface area contributed by atoms with Gasteiger partial charge in [0.15, 0.2) is 0 Å². The van der Waals surface area contributed by atoms with Gasteiger partial charge in [-0.3, -0.25) is 9.36 Å². The molecule has 26 heavy (non-hydrogen) atoms. The van der Waals surface area contributed by atoms with Crippen molar-refractivity contribution in [2.45, 2.75) is 26.3 Å². The Morgan fingerprint density at radius 3 is 2.58 bits per heavy atom. The number of ether oxygens (including phenoxy) is 1. The smallest absolute Gasteiger partial charge is 0.326 e. The third-order valence-corrected chi connectivity index (χ3v) is 4.21. The minimum Gasteiger partial charge on any atom is -0.495 e. The Labute approximate surface area is 156 Å². The van der Waals surface area contributed by atoms with E-state index in [-0.39, 0.29) is 5.92 Å². The van der Waals surface area contributed by atoms with E-state index < -0.39 is 17.6 Å². The summed E-state index contributed by atoms with van der Waals surface area (Å²) in [6.07, 6.45) is 1.68. The number of rotatable bonds is 6. The van der Waals surface area contributed by atoms with E-state index in [1.807, 2.05) is 13.8 Å². The molecule has 0 saturated carbocycles. The number of hydrogen-bond donors (Lipinski definition) is 1. The normalized spacial score (nSPS) is 11.8. The fraction of sp³-hybridized carbons (Fsp3) is 0.316. The molecule has 1 heterocycles. The zero-order chi connectivity index (χ0) is 19.4. The Balaban J connectivity index is 2.69. The molecule has 1 atom stereocenters. The fourth-order valence-electron chi connectivity index (χ4n) is 2.76. The summed E-state index contributed by atoms with van der Waals surface area (Å²) in [6.45, 7) is 3.77. The number of carboxylic acids is 1. The van der Waals surface area contributed by atoms with Crippen LogP contribution in [0.1, 0.15) is 31.9 Å². The minimum absolute atomic E-state index is 0.0896. The average Bonchev–Trinajstić information content (AvgIpc) is 2.59. The molecular weight excluding hydrogens is 356 g/mol. The van der Waals surface area contributed by atoms with Gasteiger partial charge in [-0.25, -0.2) is 4.79 Å². The molecule has 0 bridgehead atoms. The number of hydrogen-bond acceptors (Lipinski definition) is 4. The maximum Gasteiger partial charge on any atom is 0.326 e. The lowest BCUT2D eigenvalue weighted by Crippen LogP contribution is -2.30. The summed E-state index contributed by atoms with van der Waals surface area (Å²) in [5.74, 6) is -0.707. The molecule has 6 nitrogen and oxygen atoms in total. The van der Waals surface area contributed by atoms with E-state index >= 15 is 0 Å². The summed E-state index contributed by atoms with van der Waals surface area (Å²) in [5.41, 5.74) is 0.692. The van der Waals surface area contributed by atoms with Crippen LogP contribution in [0, 0.1) is 17.2 Å². The highest BCUT2D eigenvalue weighted by molar-refractivity contribution is 6.31. The number of methoxy groups -OCH3 is 1. The number of aliphatic carboxylic acids is 1. The second kappa shape index (κ2) is 8.07. The zero-order valence-electron chi connectivity index (χ0n) is 14.7. The van der Waals surface area contributed by atoms with Gasteiger partial charge in [-0.15, -0.1) is 0 Å². The molecule has 1 unspecified atom stereocenters. The molecule has 0 radical (unpaired) electrons. The molecule has 0 amide bonds. The highest BCUT2D eigenvalue weighted by Crippen LogP contribution is 2.33. The lowest BCUT2D eigenvalue weighted by atomic mass is 9.99. The Kier molecular flexibility index (Phi) is 6.06. The van der Waals surface area contributed by atoms with E-state index in [2.05, 4.69) is 6.07 Å². The van der Waals surface area contributed by atoms with Gasteiger partial charge in [-0.2, -0.15) is 5.26 Å². The van der Waals surface area contributed by atoms with Crippen LogP contribution >= 0.6 is 11.6 Å². The third kappa shape index (κ3) is 4.06. The summed E-state index contributed by atoms with van der Waals surface area (Å²) >= 11 is 6.03. The minimum atomic E-state index is -1.09. The van der Waals surface area contributed by atoms with Crippen LogP contribution in [0.2, 0.25) is 5.02 Å². The number of benzene rings is 1. The van der Waals surface area contributed by atoms with Gasteiger partial charge in [0, 0.05) is 22.2 Å². The first-order valence-electron chi connectivity index (χ1n) is 8.01. The molecule has 1 aromatic carbocycles. The van der Waals surface area contributed by atoms with Crippen LogP contribution in [0.15, 0.2) is 35.3 Å². The van der Waals surface area contributed by atoms with E-state index in [9.17, 15) is 20.0 Å². The summed E-state index contributed by atoms with van der Waals surface area (Å²) < 4.78 is 6.52. The van der Waals surface area contributed by atoms with Crippen molar-refractivity contribution in [1.82, 2.24) is 4.57 Å². The first-order valence-corrected chi connectivity index (χ1v) is 8.39. The van der Waals surface area contributed by atoms with Crippen LogP contribution in [0.3, 0.4) is 0 Å². The van der Waals surface area contributed by atoms with Gasteiger partial charge < -0.3 is 9.84 Å². The topological polar surface area (TPSA) is 92.3 Å². The first kappa shape index (κ1) is 19.5. The predicted molar refractivity (Wildman–Crippen MR) is 98.5 cm³/mol. The van der Waals surface area contributed by atoms with Gasteiger partial charge in [0.25, 0.3) is 5.56 Å². The number of nitriles is 1. The molecule has 0 aliphatic rings. The lowest BCUT2D eigenvalue weighted by Gasteiger charge is -2.20. The van der Waals surface area contributed by atoms with Crippen LogP contribution in [0.4, 0.5) is 0 Å². The quantitative estimate of drug-likeness (QED) is 0.831. The van der Waals surface area contributed by atoms with Gasteiger partial charge >= 0.3 is 5.97 Å². The monoisotopic (exact) mass is 374 g/mol. The highest BCUT2D eigenvalue weighted by atomic mass is 35.5. The molecule has 0 fully saturated rings. The highest BCUT2D eigenvalue weighted by Gasteiger charge is 2.24. The molecule has 1 aromatic heterocycles. The van der Waals surface area contributed by atoms with E-state index in [1.54, 1.807) is 18.2 Å². The predicted octanol–water partition coefficient (Wildman–Crippen LogP) is 3.72. The Hall–Kier alpha value is -2.78. The summed E-state index contributed by atoms with van der Waals surface area (Å²) in [4.78, 5) is 24.2. The van der Waals surface area contributed by atoms with Crippen LogP contribution < -0.4 is 10.3 Å². The first-order chi connectivity index (χ1) is 12.3. The second-order valence-electron chi connectivity index (χ2n) is 6.29. The van der Waals surface area contributed by atoms with Crippen molar-refractivity contribution in [3.8, 4) is 22.9 Å². The molecule has 2 rings (SSSR count). The number of halogens is 1. The maximum absolute atomic E-state index is 12.6. The van der Waals surface area contributed by atoms with Gasteiger partial charge in [-0.05, 0) is 30.5 Å². The fourth-order valence-corrected chi connectivity index (χ4v) is 2.93. The van der Waals surface area contributed by atoms with Crippen LogP contribution in [-0.2, 0) is 4.79 Å². The molecule has 0 saturated heterocycles. The van der Waals surface area contributed by atoms with Crippen molar-refractivity contribution in [2.24, 2.45) is 5.92 Å². The number of aromatic nitrogens is 1. The van der Waals surface area contributed by atoms with Crippen molar-refractivity contribution < 1.29 is 14.6 Å². The van der Waals surface area contributed by atoms with Gasteiger partial charge in [0.2, 0.25) is 0 Å². The number of carboxylic acid groups (broad SMARTS) is 1. The Morgan fingerprint density at radius 2 is 2.04 bits per heavy atom. The molecule has 2 aromatic rings. The van der Waals surface area contributed by atoms with Crippen molar-refractivity contribution in [3.63, 3.8) is 0 Å². The SMILES string of the molecule is COc1cn(C(CC(C)C)C(=O)O)c(=O)cc1-c1cc(Cl)ccc1C#N. The van der Waals surface area contributed by atoms with E-state index in [0.717, 1.165) is 4.57 Å². The third-order valence-electron chi connectivity index (χ3n) is 3.97. The zero-order valence-corrected chi connectivity index (χ0v) is 15.4. The van der Waals surface area contributed by atoms with Crippen LogP contribution in [0.25, 0.3) is 11.1 Å². The number of pyridine rings is 1. The number of carbonyl (C=O) groups is 1. The van der Waals surface area contributed by atoms with E-state index in [1.165, 1.54) is 19.4 Å². The standard InChI is InChI=1S/C19H19ClN2O4/c1-11(2)6-16(19(24)25)22-10-17(26-3)15(8-18(22)23)14-7-13(20)5-4-12(14)9-21/h4-5,7-8,10-11,16H,6H2,1-3H3,(H,24,25). The summed E-state index contributed by atoms with van der Waals surface area (Å²) in [5, 5.41) is 19.2. The summed E-state index contributed by atoms with van der Waals surface area (Å²) in [7, 11) is 1.42. The lowest BCUT2D eigenvalue weighted by molar-refractivity contribution is -0.141. The van der Waals surface area contributed by atoms with Crippen molar-refractivity contribution >= 4 is 17.6 Å². The molecular formula is C19H19ClN2O4.